The van der Waals surface area contributed by atoms with Gasteiger partial charge in [0.2, 0.25) is 5.91 Å². The Bertz CT molecular complexity index is 719. The molecule has 0 radical (unpaired) electrons. The van der Waals surface area contributed by atoms with Crippen LogP contribution in [0.15, 0.2) is 29.3 Å². The van der Waals surface area contributed by atoms with E-state index in [4.69, 9.17) is 0 Å². The summed E-state index contributed by atoms with van der Waals surface area (Å²) in [7, 11) is -1.34. The maximum atomic E-state index is 12.8. The molecule has 1 aromatic rings. The summed E-state index contributed by atoms with van der Waals surface area (Å²) in [6.45, 7) is 0.845. The number of guanidine groups is 1. The number of carbonyl (C=O) groups excluding carboxylic acids is 1. The first kappa shape index (κ1) is 19.2. The third kappa shape index (κ3) is 6.69. The minimum absolute atomic E-state index is 0.113. The van der Waals surface area contributed by atoms with Crippen molar-refractivity contribution in [3.63, 3.8) is 0 Å². The maximum absolute atomic E-state index is 12.8. The van der Waals surface area contributed by atoms with Crippen LogP contribution in [0.2, 0.25) is 0 Å². The molecule has 1 saturated heterocycles. The average molecular weight is 370 g/mol. The first-order valence-corrected chi connectivity index (χ1v) is 9.89. The van der Waals surface area contributed by atoms with Crippen LogP contribution in [0.1, 0.15) is 12.0 Å². The third-order valence-electron chi connectivity index (χ3n) is 3.81. The highest BCUT2D eigenvalue weighted by Crippen LogP contribution is 2.10. The van der Waals surface area contributed by atoms with Crippen molar-refractivity contribution in [1.29, 1.82) is 0 Å². The van der Waals surface area contributed by atoms with Gasteiger partial charge in [-0.3, -0.25) is 9.79 Å². The molecule has 2 rings (SSSR count). The zero-order valence-corrected chi connectivity index (χ0v) is 14.9. The van der Waals surface area contributed by atoms with Crippen LogP contribution in [0.25, 0.3) is 0 Å². The van der Waals surface area contributed by atoms with E-state index in [-0.39, 0.29) is 35.7 Å². The van der Waals surface area contributed by atoms with Crippen LogP contribution in [-0.2, 0) is 21.1 Å². The molecule has 1 unspecified atom stereocenters. The zero-order valence-electron chi connectivity index (χ0n) is 14.1. The van der Waals surface area contributed by atoms with Gasteiger partial charge in [-0.2, -0.15) is 0 Å². The Balaban J connectivity index is 1.65. The van der Waals surface area contributed by atoms with Gasteiger partial charge in [-0.05, 0) is 24.1 Å². The molecule has 0 bridgehead atoms. The van der Waals surface area contributed by atoms with Gasteiger partial charge in [-0.1, -0.05) is 12.1 Å². The Morgan fingerprint density at radius 3 is 2.52 bits per heavy atom. The quantitative estimate of drug-likeness (QED) is 0.367. The van der Waals surface area contributed by atoms with Gasteiger partial charge in [-0.25, -0.2) is 12.8 Å². The first-order valence-electron chi connectivity index (χ1n) is 8.07. The molecule has 0 saturated carbocycles. The predicted molar refractivity (Wildman–Crippen MR) is 94.7 cm³/mol. The summed E-state index contributed by atoms with van der Waals surface area (Å²) in [5, 5.41) is 8.85. The molecule has 1 atom stereocenters. The van der Waals surface area contributed by atoms with Gasteiger partial charge in [0.05, 0.1) is 17.9 Å². The van der Waals surface area contributed by atoms with Crippen molar-refractivity contribution in [1.82, 2.24) is 16.0 Å². The van der Waals surface area contributed by atoms with Crippen LogP contribution in [-0.4, -0.2) is 58.0 Å². The summed E-state index contributed by atoms with van der Waals surface area (Å²) in [6, 6.07) is 5.67. The van der Waals surface area contributed by atoms with E-state index in [0.29, 0.717) is 25.5 Å². The Kier molecular flexibility index (Phi) is 6.74. The Morgan fingerprint density at radius 1 is 1.24 bits per heavy atom. The van der Waals surface area contributed by atoms with Crippen molar-refractivity contribution in [2.45, 2.75) is 18.9 Å². The Labute approximate surface area is 147 Å². The minimum Gasteiger partial charge on any atom is -0.355 e. The molecule has 9 heteroatoms. The van der Waals surface area contributed by atoms with E-state index in [0.717, 1.165) is 5.56 Å². The van der Waals surface area contributed by atoms with Crippen molar-refractivity contribution in [2.24, 2.45) is 4.99 Å². The smallest absolute Gasteiger partial charge is 0.224 e. The second-order valence-corrected chi connectivity index (χ2v) is 8.13. The fourth-order valence-electron chi connectivity index (χ4n) is 2.53. The molecule has 7 nitrogen and oxygen atoms in total. The van der Waals surface area contributed by atoms with Crippen molar-refractivity contribution in [3.05, 3.63) is 35.6 Å². The zero-order chi connectivity index (χ0) is 18.3. The summed E-state index contributed by atoms with van der Waals surface area (Å²) in [5.74, 6) is 0.332. The highest BCUT2D eigenvalue weighted by molar-refractivity contribution is 7.91. The van der Waals surface area contributed by atoms with Gasteiger partial charge in [0.25, 0.3) is 0 Å². The van der Waals surface area contributed by atoms with Crippen LogP contribution < -0.4 is 16.0 Å². The number of halogens is 1. The van der Waals surface area contributed by atoms with Crippen LogP contribution in [0.3, 0.4) is 0 Å². The minimum atomic E-state index is -2.94. The van der Waals surface area contributed by atoms with Crippen LogP contribution in [0, 0.1) is 5.82 Å². The number of nitrogens with zero attached hydrogens (tertiary/aromatic N) is 1. The van der Waals surface area contributed by atoms with E-state index in [9.17, 15) is 17.6 Å². The number of carbonyl (C=O) groups is 1. The number of aliphatic imine (C=N–C) groups is 1. The van der Waals surface area contributed by atoms with Crippen molar-refractivity contribution >= 4 is 21.7 Å². The van der Waals surface area contributed by atoms with Crippen LogP contribution >= 0.6 is 0 Å². The summed E-state index contributed by atoms with van der Waals surface area (Å²) >= 11 is 0. The molecule has 1 aliphatic heterocycles. The summed E-state index contributed by atoms with van der Waals surface area (Å²) in [4.78, 5) is 15.9. The number of hydrogen-bond acceptors (Lipinski definition) is 4. The highest BCUT2D eigenvalue weighted by Gasteiger charge is 2.28. The molecule has 0 aromatic heterocycles. The molecule has 1 aromatic carbocycles. The van der Waals surface area contributed by atoms with Gasteiger partial charge < -0.3 is 16.0 Å². The second-order valence-electron chi connectivity index (χ2n) is 5.90. The number of sulfone groups is 1. The lowest BCUT2D eigenvalue weighted by Crippen LogP contribution is -2.46. The Hall–Kier alpha value is -2.16. The number of rotatable bonds is 6. The number of amides is 1. The van der Waals surface area contributed by atoms with E-state index in [2.05, 4.69) is 20.9 Å². The van der Waals surface area contributed by atoms with Gasteiger partial charge in [0.15, 0.2) is 15.8 Å². The van der Waals surface area contributed by atoms with Crippen molar-refractivity contribution < 1.29 is 17.6 Å². The molecular formula is C16H23FN4O3S. The highest BCUT2D eigenvalue weighted by atomic mass is 32.2. The maximum Gasteiger partial charge on any atom is 0.224 e. The lowest BCUT2D eigenvalue weighted by atomic mass is 10.1. The number of hydrogen-bond donors (Lipinski definition) is 3. The second kappa shape index (κ2) is 8.80. The molecule has 0 aliphatic carbocycles. The van der Waals surface area contributed by atoms with Gasteiger partial charge in [-0.15, -0.1) is 0 Å². The fourth-order valence-corrected chi connectivity index (χ4v) is 4.20. The van der Waals surface area contributed by atoms with Gasteiger partial charge in [0.1, 0.15) is 5.82 Å². The monoisotopic (exact) mass is 370 g/mol. The summed E-state index contributed by atoms with van der Waals surface area (Å²) in [5.41, 5.74) is 0.742. The number of benzene rings is 1. The summed E-state index contributed by atoms with van der Waals surface area (Å²) < 4.78 is 35.7. The lowest BCUT2D eigenvalue weighted by molar-refractivity contribution is -0.120. The van der Waals surface area contributed by atoms with Crippen molar-refractivity contribution in [2.75, 3.05) is 31.6 Å². The molecule has 1 aliphatic rings. The molecule has 0 spiro atoms. The van der Waals surface area contributed by atoms with E-state index in [1.807, 2.05) is 0 Å². The molecule has 3 N–H and O–H groups in total. The normalized spacial score (nSPS) is 19.4. The van der Waals surface area contributed by atoms with Gasteiger partial charge >= 0.3 is 0 Å². The fraction of sp³-hybridized carbons (Fsp3) is 0.500. The van der Waals surface area contributed by atoms with E-state index in [1.165, 1.54) is 12.1 Å². The summed E-state index contributed by atoms with van der Waals surface area (Å²) in [6.07, 6.45) is 0.755. The van der Waals surface area contributed by atoms with Crippen LogP contribution in [0.5, 0.6) is 0 Å². The topological polar surface area (TPSA) is 99.7 Å². The molecular weight excluding hydrogens is 347 g/mol. The first-order chi connectivity index (χ1) is 11.9. The molecule has 1 amide bonds. The van der Waals surface area contributed by atoms with E-state index in [1.54, 1.807) is 19.2 Å². The third-order valence-corrected chi connectivity index (χ3v) is 5.58. The molecule has 1 fully saturated rings. The predicted octanol–water partition coefficient (Wildman–Crippen LogP) is -0.163. The SMILES string of the molecule is CN=C(NCCNC(=O)Cc1ccc(F)cc1)NC1CCS(=O)(=O)C1. The van der Waals surface area contributed by atoms with Crippen molar-refractivity contribution in [3.8, 4) is 0 Å². The Morgan fingerprint density at radius 2 is 1.92 bits per heavy atom. The molecule has 25 heavy (non-hydrogen) atoms. The van der Waals surface area contributed by atoms with E-state index < -0.39 is 9.84 Å². The van der Waals surface area contributed by atoms with E-state index >= 15 is 0 Å². The van der Waals surface area contributed by atoms with Crippen LogP contribution in [0.4, 0.5) is 4.39 Å². The largest absolute Gasteiger partial charge is 0.355 e. The molecule has 138 valence electrons. The van der Waals surface area contributed by atoms with Gasteiger partial charge in [0, 0.05) is 26.2 Å². The average Bonchev–Trinajstić information content (AvgIpc) is 2.91. The molecule has 1 heterocycles. The standard InChI is InChI=1S/C16H23FN4O3S/c1-18-16(21-14-6-9-25(23,24)11-14)20-8-7-19-15(22)10-12-2-4-13(17)5-3-12/h2-5,14H,6-11H2,1H3,(H,19,22)(H2,18,20,21). The number of nitrogens with one attached hydrogen (secondary N) is 3. The lowest BCUT2D eigenvalue weighted by Gasteiger charge is -2.16.